The Morgan fingerprint density at radius 2 is 1.95 bits per heavy atom. The minimum Gasteiger partial charge on any atom is -0.334 e. The van der Waals surface area contributed by atoms with Crippen LogP contribution in [0.5, 0.6) is 0 Å². The number of hydrogen-bond donors (Lipinski definition) is 1. The molecule has 20 heavy (non-hydrogen) atoms. The van der Waals surface area contributed by atoms with E-state index in [0.717, 1.165) is 0 Å². The second kappa shape index (κ2) is 4.64. The van der Waals surface area contributed by atoms with Gasteiger partial charge in [0.15, 0.2) is 5.82 Å². The van der Waals surface area contributed by atoms with E-state index in [9.17, 15) is 8.42 Å². The van der Waals surface area contributed by atoms with Crippen LogP contribution in [0.4, 0.5) is 0 Å². The molecule has 0 aliphatic rings. The average Bonchev–Trinajstić information content (AvgIpc) is 2.76. The molecule has 8 heteroatoms. The van der Waals surface area contributed by atoms with Crippen LogP contribution in [0.2, 0.25) is 0 Å². The molecule has 0 aromatic carbocycles. The molecule has 108 valence electrons. The number of aromatic nitrogens is 3. The fourth-order valence-corrected chi connectivity index (χ4v) is 2.01. The van der Waals surface area contributed by atoms with E-state index in [1.807, 2.05) is 20.8 Å². The van der Waals surface area contributed by atoms with E-state index in [1.165, 1.54) is 12.3 Å². The van der Waals surface area contributed by atoms with E-state index in [4.69, 9.17) is 9.66 Å². The number of pyridine rings is 1. The molecule has 0 aliphatic heterocycles. The predicted octanol–water partition coefficient (Wildman–Crippen LogP) is 1.38. The number of primary sulfonamides is 1. The Kier molecular flexibility index (Phi) is 3.39. The molecule has 0 amide bonds. The van der Waals surface area contributed by atoms with Crippen molar-refractivity contribution >= 4 is 10.0 Å². The van der Waals surface area contributed by atoms with Crippen LogP contribution >= 0.6 is 0 Å². The Balaban J connectivity index is 2.55. The normalized spacial score (nSPS) is 12.7. The van der Waals surface area contributed by atoms with Crippen LogP contribution in [-0.2, 0) is 15.4 Å². The summed E-state index contributed by atoms with van der Waals surface area (Å²) in [6.07, 6.45) is 1.20. The van der Waals surface area contributed by atoms with Crippen LogP contribution in [0.1, 0.15) is 32.3 Å². The van der Waals surface area contributed by atoms with Crippen LogP contribution in [0.25, 0.3) is 11.5 Å². The summed E-state index contributed by atoms with van der Waals surface area (Å²) in [5.41, 5.74) is 0.779. The lowest BCUT2D eigenvalue weighted by Gasteiger charge is -2.10. The molecule has 0 saturated heterocycles. The molecular formula is C12H16N4O3S. The van der Waals surface area contributed by atoms with Crippen molar-refractivity contribution in [3.63, 3.8) is 0 Å². The van der Waals surface area contributed by atoms with Crippen molar-refractivity contribution in [2.24, 2.45) is 5.14 Å². The van der Waals surface area contributed by atoms with Gasteiger partial charge in [-0.2, -0.15) is 4.98 Å². The number of rotatable bonds is 2. The first kappa shape index (κ1) is 14.6. The standard InChI is InChI=1S/C12H16N4O3S/c1-7-9(5-8(6-14-7)20(13,17)18)10-15-11(16-19-10)12(2,3)4/h5-6H,1-4H3,(H2,13,17,18). The maximum Gasteiger partial charge on any atom is 0.259 e. The average molecular weight is 296 g/mol. The van der Waals surface area contributed by atoms with Gasteiger partial charge in [0, 0.05) is 11.6 Å². The SMILES string of the molecule is Cc1ncc(S(N)(=O)=O)cc1-c1nc(C(C)(C)C)no1. The van der Waals surface area contributed by atoms with Crippen LogP contribution in [0, 0.1) is 6.92 Å². The fourth-order valence-electron chi connectivity index (χ4n) is 1.52. The van der Waals surface area contributed by atoms with E-state index in [-0.39, 0.29) is 16.2 Å². The van der Waals surface area contributed by atoms with Gasteiger partial charge in [-0.25, -0.2) is 13.6 Å². The van der Waals surface area contributed by atoms with Gasteiger partial charge in [0.1, 0.15) is 4.90 Å². The molecule has 0 atom stereocenters. The maximum atomic E-state index is 11.4. The van der Waals surface area contributed by atoms with Crippen molar-refractivity contribution in [1.82, 2.24) is 15.1 Å². The van der Waals surface area contributed by atoms with Gasteiger partial charge in [0.2, 0.25) is 10.0 Å². The van der Waals surface area contributed by atoms with E-state index in [2.05, 4.69) is 15.1 Å². The summed E-state index contributed by atoms with van der Waals surface area (Å²) in [6, 6.07) is 1.39. The Morgan fingerprint density at radius 1 is 1.30 bits per heavy atom. The van der Waals surface area contributed by atoms with Crippen molar-refractivity contribution in [2.75, 3.05) is 0 Å². The minimum absolute atomic E-state index is 0.0893. The molecule has 0 bridgehead atoms. The highest BCUT2D eigenvalue weighted by Crippen LogP contribution is 2.26. The molecule has 2 N–H and O–H groups in total. The maximum absolute atomic E-state index is 11.4. The molecule has 2 rings (SSSR count). The van der Waals surface area contributed by atoms with Crippen molar-refractivity contribution in [1.29, 1.82) is 0 Å². The molecule has 0 unspecified atom stereocenters. The number of nitrogens with two attached hydrogens (primary N) is 1. The van der Waals surface area contributed by atoms with Gasteiger partial charge in [0.05, 0.1) is 11.3 Å². The molecular weight excluding hydrogens is 280 g/mol. The summed E-state index contributed by atoms with van der Waals surface area (Å²) >= 11 is 0. The van der Waals surface area contributed by atoms with Gasteiger partial charge in [-0.1, -0.05) is 25.9 Å². The summed E-state index contributed by atoms with van der Waals surface area (Å²) in [5, 5.41) is 9.00. The number of aryl methyl sites for hydroxylation is 1. The highest BCUT2D eigenvalue weighted by atomic mass is 32.2. The zero-order chi connectivity index (χ0) is 15.1. The Morgan fingerprint density at radius 3 is 2.45 bits per heavy atom. The zero-order valence-electron chi connectivity index (χ0n) is 11.7. The lowest BCUT2D eigenvalue weighted by atomic mass is 9.96. The first-order chi connectivity index (χ1) is 9.09. The van der Waals surface area contributed by atoms with E-state index < -0.39 is 10.0 Å². The van der Waals surface area contributed by atoms with E-state index >= 15 is 0 Å². The van der Waals surface area contributed by atoms with Crippen molar-refractivity contribution < 1.29 is 12.9 Å². The molecule has 0 fully saturated rings. The molecule has 0 aliphatic carbocycles. The molecule has 0 saturated carbocycles. The summed E-state index contributed by atoms with van der Waals surface area (Å²) in [7, 11) is -3.82. The van der Waals surface area contributed by atoms with Crippen LogP contribution < -0.4 is 5.14 Å². The van der Waals surface area contributed by atoms with Gasteiger partial charge in [-0.05, 0) is 13.0 Å². The largest absolute Gasteiger partial charge is 0.334 e. The first-order valence-corrected chi connectivity index (χ1v) is 7.47. The summed E-state index contributed by atoms with van der Waals surface area (Å²) in [5.74, 6) is 0.762. The molecule has 2 aromatic rings. The van der Waals surface area contributed by atoms with Crippen LogP contribution in [-0.4, -0.2) is 23.5 Å². The topological polar surface area (TPSA) is 112 Å². The molecule has 0 radical (unpaired) electrons. The van der Waals surface area contributed by atoms with Crippen molar-refractivity contribution in [2.45, 2.75) is 38.0 Å². The highest BCUT2D eigenvalue weighted by Gasteiger charge is 2.23. The Hall–Kier alpha value is -1.80. The monoisotopic (exact) mass is 296 g/mol. The highest BCUT2D eigenvalue weighted by molar-refractivity contribution is 7.89. The third-order valence-corrected chi connectivity index (χ3v) is 3.60. The summed E-state index contributed by atoms with van der Waals surface area (Å²) < 4.78 is 27.9. The lowest BCUT2D eigenvalue weighted by molar-refractivity contribution is 0.402. The van der Waals surface area contributed by atoms with Gasteiger partial charge in [0.25, 0.3) is 5.89 Å². The third kappa shape index (κ3) is 2.86. The summed E-state index contributed by atoms with van der Waals surface area (Å²) in [4.78, 5) is 8.20. The van der Waals surface area contributed by atoms with E-state index in [1.54, 1.807) is 6.92 Å². The van der Waals surface area contributed by atoms with Gasteiger partial charge < -0.3 is 4.52 Å². The van der Waals surface area contributed by atoms with Gasteiger partial charge >= 0.3 is 0 Å². The Labute approximate surface area is 117 Å². The van der Waals surface area contributed by atoms with Crippen molar-refractivity contribution in [3.8, 4) is 11.5 Å². The minimum atomic E-state index is -3.82. The zero-order valence-corrected chi connectivity index (χ0v) is 12.5. The van der Waals surface area contributed by atoms with Gasteiger partial charge in [-0.15, -0.1) is 0 Å². The molecule has 2 heterocycles. The van der Waals surface area contributed by atoms with Crippen molar-refractivity contribution in [3.05, 3.63) is 23.8 Å². The quantitative estimate of drug-likeness (QED) is 0.896. The second-order valence-electron chi connectivity index (χ2n) is 5.52. The van der Waals surface area contributed by atoms with Crippen LogP contribution in [0.15, 0.2) is 21.7 Å². The number of sulfonamides is 1. The lowest BCUT2D eigenvalue weighted by Crippen LogP contribution is -2.13. The summed E-state index contributed by atoms with van der Waals surface area (Å²) in [6.45, 7) is 7.58. The second-order valence-corrected chi connectivity index (χ2v) is 7.08. The fraction of sp³-hybridized carbons (Fsp3) is 0.417. The van der Waals surface area contributed by atoms with E-state index in [0.29, 0.717) is 17.1 Å². The molecule has 7 nitrogen and oxygen atoms in total. The van der Waals surface area contributed by atoms with Crippen LogP contribution in [0.3, 0.4) is 0 Å². The third-order valence-electron chi connectivity index (χ3n) is 2.72. The Bertz CT molecular complexity index is 744. The smallest absolute Gasteiger partial charge is 0.259 e. The number of hydrogen-bond acceptors (Lipinski definition) is 6. The molecule has 2 aromatic heterocycles. The predicted molar refractivity (Wildman–Crippen MR) is 72.3 cm³/mol. The first-order valence-electron chi connectivity index (χ1n) is 5.93. The number of nitrogens with zero attached hydrogens (tertiary/aromatic N) is 3. The molecule has 0 spiro atoms. The van der Waals surface area contributed by atoms with Gasteiger partial charge in [-0.3, -0.25) is 4.98 Å².